The molecule has 0 spiro atoms. The molecule has 1 unspecified atom stereocenters. The zero-order valence-corrected chi connectivity index (χ0v) is 14.5. The lowest BCUT2D eigenvalue weighted by Crippen LogP contribution is -2.21. The van der Waals surface area contributed by atoms with Gasteiger partial charge in [-0.05, 0) is 25.7 Å². The van der Waals surface area contributed by atoms with Gasteiger partial charge < -0.3 is 14.9 Å². The van der Waals surface area contributed by atoms with Crippen LogP contribution in [0.15, 0.2) is 0 Å². The second-order valence-electron chi connectivity index (χ2n) is 6.20. The largest absolute Gasteiger partial charge is 0.463 e. The summed E-state index contributed by atoms with van der Waals surface area (Å²) in [4.78, 5) is 11.4. The van der Waals surface area contributed by atoms with Crippen LogP contribution in [0.5, 0.6) is 0 Å². The summed E-state index contributed by atoms with van der Waals surface area (Å²) in [6.45, 7) is 3.96. The predicted octanol–water partition coefficient (Wildman–Crippen LogP) is 3.79. The molecule has 0 aliphatic carbocycles. The number of ether oxygens (including phenoxy) is 1. The fourth-order valence-electron chi connectivity index (χ4n) is 2.34. The number of rotatable bonds is 15. The Bertz CT molecular complexity index is 255. The minimum atomic E-state index is -0.961. The molecular formula is C18H35O4+. The van der Waals surface area contributed by atoms with Crippen LogP contribution in [0, 0.1) is 5.92 Å². The summed E-state index contributed by atoms with van der Waals surface area (Å²) in [6, 6.07) is 0. The quantitative estimate of drug-likeness (QED) is 0.274. The molecule has 0 saturated heterocycles. The molecule has 4 heteroatoms. The minimum Gasteiger partial charge on any atom is -0.463 e. The summed E-state index contributed by atoms with van der Waals surface area (Å²) in [5, 5.41) is 17.7. The lowest BCUT2D eigenvalue weighted by Gasteiger charge is -2.08. The molecule has 1 atom stereocenters. The highest BCUT2D eigenvalue weighted by molar-refractivity contribution is 5.69. The van der Waals surface area contributed by atoms with E-state index in [0.29, 0.717) is 6.42 Å². The van der Waals surface area contributed by atoms with E-state index in [1.54, 1.807) is 0 Å². The SMILES string of the molecule is CCCCCCCC[C+](C)CCCCC(=O)OCC(O)CO. The van der Waals surface area contributed by atoms with Crippen molar-refractivity contribution in [2.45, 2.75) is 90.6 Å². The number of hydrogen-bond acceptors (Lipinski definition) is 4. The van der Waals surface area contributed by atoms with Crippen molar-refractivity contribution in [3.8, 4) is 0 Å². The van der Waals surface area contributed by atoms with Crippen LogP contribution in [-0.4, -0.2) is 35.5 Å². The molecular weight excluding hydrogens is 280 g/mol. The fourth-order valence-corrected chi connectivity index (χ4v) is 2.34. The molecule has 0 amide bonds. The van der Waals surface area contributed by atoms with Crippen LogP contribution in [-0.2, 0) is 9.53 Å². The van der Waals surface area contributed by atoms with E-state index in [9.17, 15) is 4.79 Å². The Morgan fingerprint density at radius 2 is 1.64 bits per heavy atom. The second kappa shape index (κ2) is 15.2. The summed E-state index contributed by atoms with van der Waals surface area (Å²) >= 11 is 0. The average molecular weight is 315 g/mol. The maximum Gasteiger partial charge on any atom is 0.305 e. The summed E-state index contributed by atoms with van der Waals surface area (Å²) in [6.07, 6.45) is 11.5. The highest BCUT2D eigenvalue weighted by Crippen LogP contribution is 2.19. The number of unbranched alkanes of at least 4 members (excludes halogenated alkanes) is 6. The standard InChI is InChI=1S/C18H35O4/c1-3-4-5-6-7-8-11-16(2)12-9-10-13-18(21)22-15-17(20)14-19/h17,19-20H,3-15H2,1-2H3/q+1. The number of carbonyl (C=O) groups excluding carboxylic acids is 1. The zero-order valence-electron chi connectivity index (χ0n) is 14.5. The minimum absolute atomic E-state index is 0.113. The zero-order chi connectivity index (χ0) is 16.6. The monoisotopic (exact) mass is 315 g/mol. The number of hydrogen-bond donors (Lipinski definition) is 2. The van der Waals surface area contributed by atoms with Gasteiger partial charge in [-0.2, -0.15) is 0 Å². The summed E-state index contributed by atoms with van der Waals surface area (Å²) < 4.78 is 4.86. The number of aliphatic hydroxyl groups is 2. The Morgan fingerprint density at radius 1 is 1.05 bits per heavy atom. The van der Waals surface area contributed by atoms with E-state index in [1.165, 1.54) is 50.9 Å². The summed E-state index contributed by atoms with van der Waals surface area (Å²) in [5.41, 5.74) is 0. The molecule has 0 aliphatic heterocycles. The third kappa shape index (κ3) is 14.2. The summed E-state index contributed by atoms with van der Waals surface area (Å²) in [5.74, 6) is 1.24. The third-order valence-corrected chi connectivity index (χ3v) is 3.84. The Morgan fingerprint density at radius 3 is 2.27 bits per heavy atom. The molecule has 0 radical (unpaired) electrons. The van der Waals surface area contributed by atoms with Crippen molar-refractivity contribution in [1.82, 2.24) is 0 Å². The Balaban J connectivity index is 3.37. The van der Waals surface area contributed by atoms with Crippen molar-refractivity contribution >= 4 is 5.97 Å². The lowest BCUT2D eigenvalue weighted by atomic mass is 9.96. The molecule has 0 aromatic heterocycles. The van der Waals surface area contributed by atoms with Crippen LogP contribution in [0.3, 0.4) is 0 Å². The smallest absolute Gasteiger partial charge is 0.305 e. The fraction of sp³-hybridized carbons (Fsp3) is 0.889. The molecule has 2 N–H and O–H groups in total. The molecule has 0 heterocycles. The first-order valence-corrected chi connectivity index (χ1v) is 8.86. The van der Waals surface area contributed by atoms with Gasteiger partial charge in [0.05, 0.1) is 32.3 Å². The molecule has 4 nitrogen and oxygen atoms in total. The topological polar surface area (TPSA) is 66.8 Å². The molecule has 0 bridgehead atoms. The van der Waals surface area contributed by atoms with Gasteiger partial charge in [-0.25, -0.2) is 0 Å². The van der Waals surface area contributed by atoms with Crippen molar-refractivity contribution in [3.63, 3.8) is 0 Å². The molecule has 130 valence electrons. The van der Waals surface area contributed by atoms with Crippen LogP contribution < -0.4 is 0 Å². The van der Waals surface area contributed by atoms with Gasteiger partial charge in [0, 0.05) is 6.42 Å². The molecule has 0 aliphatic rings. The summed E-state index contributed by atoms with van der Waals surface area (Å²) in [7, 11) is 0. The molecule has 0 aromatic rings. The molecule has 0 fully saturated rings. The predicted molar refractivity (Wildman–Crippen MR) is 89.4 cm³/mol. The first-order valence-electron chi connectivity index (χ1n) is 8.86. The average Bonchev–Trinajstić information content (AvgIpc) is 2.52. The van der Waals surface area contributed by atoms with Gasteiger partial charge in [-0.3, -0.25) is 4.79 Å². The van der Waals surface area contributed by atoms with E-state index in [4.69, 9.17) is 14.9 Å². The van der Waals surface area contributed by atoms with E-state index in [2.05, 4.69) is 13.8 Å². The van der Waals surface area contributed by atoms with Crippen molar-refractivity contribution in [2.75, 3.05) is 13.2 Å². The van der Waals surface area contributed by atoms with Crippen LogP contribution in [0.2, 0.25) is 0 Å². The van der Waals surface area contributed by atoms with Gasteiger partial charge in [0.25, 0.3) is 0 Å². The van der Waals surface area contributed by atoms with Crippen LogP contribution in [0.4, 0.5) is 0 Å². The Labute approximate surface area is 136 Å². The first kappa shape index (κ1) is 21.3. The molecule has 0 rings (SSSR count). The van der Waals surface area contributed by atoms with E-state index >= 15 is 0 Å². The van der Waals surface area contributed by atoms with E-state index < -0.39 is 6.10 Å². The van der Waals surface area contributed by atoms with E-state index in [0.717, 1.165) is 19.3 Å². The Hall–Kier alpha value is -0.740. The molecule has 0 saturated carbocycles. The van der Waals surface area contributed by atoms with Crippen molar-refractivity contribution in [2.24, 2.45) is 0 Å². The highest BCUT2D eigenvalue weighted by Gasteiger charge is 2.13. The molecule has 0 aromatic carbocycles. The van der Waals surface area contributed by atoms with Gasteiger partial charge in [-0.15, -0.1) is 0 Å². The first-order chi connectivity index (χ1) is 10.6. The maximum absolute atomic E-state index is 11.4. The third-order valence-electron chi connectivity index (χ3n) is 3.84. The Kier molecular flexibility index (Phi) is 14.7. The highest BCUT2D eigenvalue weighted by atomic mass is 16.5. The van der Waals surface area contributed by atoms with Crippen molar-refractivity contribution in [1.29, 1.82) is 0 Å². The number of aliphatic hydroxyl groups excluding tert-OH is 2. The number of carbonyl (C=O) groups is 1. The second-order valence-corrected chi connectivity index (χ2v) is 6.20. The van der Waals surface area contributed by atoms with Crippen LogP contribution >= 0.6 is 0 Å². The van der Waals surface area contributed by atoms with Crippen LogP contribution in [0.1, 0.15) is 84.5 Å². The van der Waals surface area contributed by atoms with Gasteiger partial charge in [0.2, 0.25) is 0 Å². The van der Waals surface area contributed by atoms with Crippen molar-refractivity contribution in [3.05, 3.63) is 5.92 Å². The van der Waals surface area contributed by atoms with Gasteiger partial charge in [-0.1, -0.05) is 32.6 Å². The van der Waals surface area contributed by atoms with E-state index in [-0.39, 0.29) is 19.2 Å². The maximum atomic E-state index is 11.4. The number of esters is 1. The van der Waals surface area contributed by atoms with Gasteiger partial charge >= 0.3 is 5.97 Å². The van der Waals surface area contributed by atoms with E-state index in [1.807, 2.05) is 0 Å². The van der Waals surface area contributed by atoms with Gasteiger partial charge in [0.15, 0.2) is 0 Å². The normalized spacial score (nSPS) is 12.2. The lowest BCUT2D eigenvalue weighted by molar-refractivity contribution is -0.147. The van der Waals surface area contributed by atoms with Gasteiger partial charge in [0.1, 0.15) is 12.7 Å². The molecule has 22 heavy (non-hydrogen) atoms. The van der Waals surface area contributed by atoms with Crippen LogP contribution in [0.25, 0.3) is 0 Å². The van der Waals surface area contributed by atoms with Crippen molar-refractivity contribution < 1.29 is 19.7 Å².